The van der Waals surface area contributed by atoms with E-state index in [-0.39, 0.29) is 5.91 Å². The number of nitrogens with two attached hydrogens (primary N) is 1. The number of carbonyl (C=O) groups is 2. The van der Waals surface area contributed by atoms with Gasteiger partial charge in [0.15, 0.2) is 0 Å². The molecule has 1 aromatic carbocycles. The standard InChI is InChI=1S/C17H20N2O4/c1-3-4-11-23-13-7-5-12(6-8-13)15(20)19-14(16(21)22-2)17(18)9-10-17/h5-8,14H,9-11,18H2,1-2H3,(H,19,20). The van der Waals surface area contributed by atoms with E-state index in [4.69, 9.17) is 15.2 Å². The van der Waals surface area contributed by atoms with Crippen molar-refractivity contribution in [1.82, 2.24) is 5.32 Å². The zero-order valence-corrected chi connectivity index (χ0v) is 13.2. The summed E-state index contributed by atoms with van der Waals surface area (Å²) in [6, 6.07) is 5.75. The molecule has 1 aliphatic rings. The highest BCUT2D eigenvalue weighted by Crippen LogP contribution is 2.36. The molecule has 1 amide bonds. The molecule has 0 spiro atoms. The number of methoxy groups -OCH3 is 1. The largest absolute Gasteiger partial charge is 0.481 e. The lowest BCUT2D eigenvalue weighted by Crippen LogP contribution is -2.54. The van der Waals surface area contributed by atoms with Gasteiger partial charge in [-0.3, -0.25) is 4.79 Å². The molecule has 0 saturated heterocycles. The third-order valence-electron chi connectivity index (χ3n) is 3.72. The molecule has 6 nitrogen and oxygen atoms in total. The third-order valence-corrected chi connectivity index (χ3v) is 3.72. The summed E-state index contributed by atoms with van der Waals surface area (Å²) in [6.07, 6.45) is 1.36. The topological polar surface area (TPSA) is 90.6 Å². The smallest absolute Gasteiger partial charge is 0.330 e. The Hall–Kier alpha value is -2.52. The quantitative estimate of drug-likeness (QED) is 0.600. The van der Waals surface area contributed by atoms with E-state index in [2.05, 4.69) is 17.2 Å². The van der Waals surface area contributed by atoms with Crippen molar-refractivity contribution in [3.8, 4) is 17.6 Å². The maximum Gasteiger partial charge on any atom is 0.330 e. The molecule has 6 heteroatoms. The second-order valence-corrected chi connectivity index (χ2v) is 5.40. The summed E-state index contributed by atoms with van der Waals surface area (Å²) in [4.78, 5) is 24.1. The number of nitrogens with one attached hydrogen (secondary N) is 1. The first-order valence-corrected chi connectivity index (χ1v) is 7.30. The van der Waals surface area contributed by atoms with Crippen molar-refractivity contribution in [2.45, 2.75) is 31.3 Å². The molecule has 0 aromatic heterocycles. The minimum atomic E-state index is -0.837. The molecule has 2 rings (SSSR count). The van der Waals surface area contributed by atoms with Crippen LogP contribution >= 0.6 is 0 Å². The van der Waals surface area contributed by atoms with Crippen LogP contribution in [0, 0.1) is 11.8 Å². The van der Waals surface area contributed by atoms with Crippen molar-refractivity contribution < 1.29 is 19.1 Å². The van der Waals surface area contributed by atoms with Gasteiger partial charge in [-0.15, -0.1) is 5.92 Å². The van der Waals surface area contributed by atoms with Gasteiger partial charge in [-0.1, -0.05) is 5.92 Å². The number of benzene rings is 1. The zero-order valence-electron chi connectivity index (χ0n) is 13.2. The number of ether oxygens (including phenoxy) is 2. The first kappa shape index (κ1) is 16.8. The van der Waals surface area contributed by atoms with Gasteiger partial charge in [0.25, 0.3) is 5.91 Å². The molecular weight excluding hydrogens is 296 g/mol. The number of hydrogen-bond donors (Lipinski definition) is 2. The Labute approximate surface area is 135 Å². The van der Waals surface area contributed by atoms with Crippen LogP contribution < -0.4 is 15.8 Å². The molecule has 1 atom stereocenters. The van der Waals surface area contributed by atoms with Crippen LogP contribution in [0.4, 0.5) is 0 Å². The Kier molecular flexibility index (Phi) is 5.24. The average molecular weight is 316 g/mol. The number of amides is 1. The van der Waals surface area contributed by atoms with E-state index in [9.17, 15) is 9.59 Å². The molecule has 1 aromatic rings. The molecule has 0 heterocycles. The number of esters is 1. The summed E-state index contributed by atoms with van der Waals surface area (Å²) < 4.78 is 10.1. The molecular formula is C17H20N2O4. The van der Waals surface area contributed by atoms with Gasteiger partial charge in [-0.2, -0.15) is 0 Å². The summed E-state index contributed by atoms with van der Waals surface area (Å²) >= 11 is 0. The van der Waals surface area contributed by atoms with Gasteiger partial charge >= 0.3 is 5.97 Å². The van der Waals surface area contributed by atoms with Crippen LogP contribution in [-0.4, -0.2) is 37.2 Å². The van der Waals surface area contributed by atoms with Crippen LogP contribution in [0.2, 0.25) is 0 Å². The van der Waals surface area contributed by atoms with Gasteiger partial charge < -0.3 is 20.5 Å². The lowest BCUT2D eigenvalue weighted by molar-refractivity contribution is -0.143. The van der Waals surface area contributed by atoms with Crippen LogP contribution in [0.3, 0.4) is 0 Å². The van der Waals surface area contributed by atoms with Crippen LogP contribution in [0.1, 0.15) is 30.1 Å². The van der Waals surface area contributed by atoms with E-state index < -0.39 is 17.6 Å². The van der Waals surface area contributed by atoms with E-state index in [1.807, 2.05) is 0 Å². The first-order chi connectivity index (χ1) is 11.0. The molecule has 1 saturated carbocycles. The minimum Gasteiger partial charge on any atom is -0.481 e. The van der Waals surface area contributed by atoms with E-state index in [1.54, 1.807) is 31.2 Å². The van der Waals surface area contributed by atoms with E-state index in [1.165, 1.54) is 7.11 Å². The lowest BCUT2D eigenvalue weighted by atomic mass is 10.1. The fourth-order valence-corrected chi connectivity index (χ4v) is 2.10. The van der Waals surface area contributed by atoms with Crippen molar-refractivity contribution in [3.05, 3.63) is 29.8 Å². The summed E-state index contributed by atoms with van der Waals surface area (Å²) in [5.41, 5.74) is 5.75. The molecule has 3 N–H and O–H groups in total. The van der Waals surface area contributed by atoms with Gasteiger partial charge in [-0.05, 0) is 44.0 Å². The summed E-state index contributed by atoms with van der Waals surface area (Å²) in [5, 5.41) is 2.66. The van der Waals surface area contributed by atoms with Gasteiger partial charge in [0.05, 0.1) is 7.11 Å². The average Bonchev–Trinajstić information content (AvgIpc) is 3.31. The number of hydrogen-bond acceptors (Lipinski definition) is 5. The second kappa shape index (κ2) is 7.16. The molecule has 23 heavy (non-hydrogen) atoms. The maximum atomic E-state index is 12.3. The zero-order chi connectivity index (χ0) is 16.9. The van der Waals surface area contributed by atoms with Crippen molar-refractivity contribution >= 4 is 11.9 Å². The van der Waals surface area contributed by atoms with Crippen LogP contribution in [-0.2, 0) is 9.53 Å². The van der Waals surface area contributed by atoms with Crippen molar-refractivity contribution in [1.29, 1.82) is 0 Å². The highest BCUT2D eigenvalue weighted by Gasteiger charge is 2.50. The molecule has 1 fully saturated rings. The fraction of sp³-hybridized carbons (Fsp3) is 0.412. The van der Waals surface area contributed by atoms with Gasteiger partial charge in [0, 0.05) is 11.1 Å². The monoisotopic (exact) mass is 316 g/mol. The predicted octanol–water partition coefficient (Wildman–Crippen LogP) is 0.851. The van der Waals surface area contributed by atoms with Crippen LogP contribution in [0.15, 0.2) is 24.3 Å². The van der Waals surface area contributed by atoms with Crippen LogP contribution in [0.5, 0.6) is 5.75 Å². The fourth-order valence-electron chi connectivity index (χ4n) is 2.10. The van der Waals surface area contributed by atoms with E-state index >= 15 is 0 Å². The van der Waals surface area contributed by atoms with Crippen molar-refractivity contribution in [2.24, 2.45) is 5.73 Å². The SMILES string of the molecule is CC#CCOc1ccc(C(=O)NC(C(=O)OC)C2(N)CC2)cc1. The van der Waals surface area contributed by atoms with Crippen molar-refractivity contribution in [3.63, 3.8) is 0 Å². The second-order valence-electron chi connectivity index (χ2n) is 5.40. The molecule has 1 unspecified atom stereocenters. The molecule has 1 aliphatic carbocycles. The molecule has 122 valence electrons. The highest BCUT2D eigenvalue weighted by molar-refractivity contribution is 5.97. The van der Waals surface area contributed by atoms with Gasteiger partial charge in [-0.25, -0.2) is 4.79 Å². The number of carbonyl (C=O) groups excluding carboxylic acids is 2. The Morgan fingerprint density at radius 2 is 2.00 bits per heavy atom. The third kappa shape index (κ3) is 4.24. The summed E-state index contributed by atoms with van der Waals surface area (Å²) in [5.74, 6) is 5.22. The Balaban J connectivity index is 2.01. The first-order valence-electron chi connectivity index (χ1n) is 7.30. The predicted molar refractivity (Wildman–Crippen MR) is 84.8 cm³/mol. The Morgan fingerprint density at radius 1 is 1.35 bits per heavy atom. The number of rotatable bonds is 6. The van der Waals surface area contributed by atoms with E-state index in [0.717, 1.165) is 0 Å². The highest BCUT2D eigenvalue weighted by atomic mass is 16.5. The van der Waals surface area contributed by atoms with Gasteiger partial charge in [0.2, 0.25) is 0 Å². The Morgan fingerprint density at radius 3 is 2.52 bits per heavy atom. The molecule has 0 radical (unpaired) electrons. The maximum absolute atomic E-state index is 12.3. The summed E-state index contributed by atoms with van der Waals surface area (Å²) in [7, 11) is 1.28. The lowest BCUT2D eigenvalue weighted by Gasteiger charge is -2.22. The summed E-state index contributed by atoms with van der Waals surface area (Å²) in [6.45, 7) is 2.03. The van der Waals surface area contributed by atoms with Crippen molar-refractivity contribution in [2.75, 3.05) is 13.7 Å². The van der Waals surface area contributed by atoms with Gasteiger partial charge in [0.1, 0.15) is 18.4 Å². The van der Waals surface area contributed by atoms with E-state index in [0.29, 0.717) is 30.8 Å². The minimum absolute atomic E-state index is 0.294. The molecule has 0 bridgehead atoms. The Bertz CT molecular complexity index is 639. The van der Waals surface area contributed by atoms with Crippen LogP contribution in [0.25, 0.3) is 0 Å². The molecule has 0 aliphatic heterocycles. The normalized spacial score (nSPS) is 15.6.